The molecule has 0 aromatic heterocycles. The Balaban J connectivity index is 3.97. The van der Waals surface area contributed by atoms with Crippen LogP contribution in [0.15, 0.2) is 0 Å². The lowest BCUT2D eigenvalue weighted by atomic mass is 9.79. The summed E-state index contributed by atoms with van der Waals surface area (Å²) in [5.41, 5.74) is 0.584. The highest BCUT2D eigenvalue weighted by Gasteiger charge is 2.23. The first kappa shape index (κ1) is 13.0. The van der Waals surface area contributed by atoms with Crippen molar-refractivity contribution in [2.75, 3.05) is 27.7 Å². The molecule has 0 bridgehead atoms. The van der Waals surface area contributed by atoms with Crippen LogP contribution in [0.1, 0.15) is 46.5 Å². The van der Waals surface area contributed by atoms with Crippen molar-refractivity contribution in [1.29, 1.82) is 0 Å². The third-order valence-corrected chi connectivity index (χ3v) is 3.09. The van der Waals surface area contributed by atoms with Crippen molar-refractivity contribution in [3.63, 3.8) is 0 Å². The van der Waals surface area contributed by atoms with Gasteiger partial charge >= 0.3 is 0 Å². The summed E-state index contributed by atoms with van der Waals surface area (Å²) < 4.78 is 1.10. The number of hydrogen-bond acceptors (Lipinski definition) is 0. The van der Waals surface area contributed by atoms with Crippen LogP contribution in [0.25, 0.3) is 0 Å². The molecule has 1 nitrogen and oxygen atoms in total. The maximum Gasteiger partial charge on any atom is 0.0785 e. The Morgan fingerprint density at radius 2 is 1.54 bits per heavy atom. The molecule has 80 valence electrons. The summed E-state index contributed by atoms with van der Waals surface area (Å²) in [4.78, 5) is 0. The number of rotatable bonds is 6. The zero-order chi connectivity index (χ0) is 10.5. The Kier molecular flexibility index (Phi) is 4.98. The Labute approximate surface area is 84.7 Å². The molecule has 0 aliphatic heterocycles. The molecule has 0 aliphatic carbocycles. The van der Waals surface area contributed by atoms with Gasteiger partial charge in [-0.1, -0.05) is 33.6 Å². The van der Waals surface area contributed by atoms with Crippen LogP contribution in [0.3, 0.4) is 0 Å². The summed E-state index contributed by atoms with van der Waals surface area (Å²) in [7, 11) is 6.84. The van der Waals surface area contributed by atoms with Crippen LogP contribution >= 0.6 is 0 Å². The molecule has 0 heterocycles. The van der Waals surface area contributed by atoms with Crippen molar-refractivity contribution in [2.45, 2.75) is 46.5 Å². The summed E-state index contributed by atoms with van der Waals surface area (Å²) in [5.74, 6) is 0. The topological polar surface area (TPSA) is 0 Å². The van der Waals surface area contributed by atoms with Crippen molar-refractivity contribution >= 4 is 0 Å². The molecular formula is C12H28N+. The SMILES string of the molecule is CCCC(C)(CC)CC[N+](C)(C)C. The largest absolute Gasteiger partial charge is 0.331 e. The van der Waals surface area contributed by atoms with E-state index in [0.717, 1.165) is 4.48 Å². The van der Waals surface area contributed by atoms with Crippen LogP contribution in [0.2, 0.25) is 0 Å². The molecule has 0 aromatic carbocycles. The van der Waals surface area contributed by atoms with Gasteiger partial charge in [0.25, 0.3) is 0 Å². The highest BCUT2D eigenvalue weighted by molar-refractivity contribution is 4.71. The molecule has 1 heteroatoms. The van der Waals surface area contributed by atoms with Gasteiger partial charge in [0.15, 0.2) is 0 Å². The summed E-state index contributed by atoms with van der Waals surface area (Å²) in [6.07, 6.45) is 5.38. The van der Waals surface area contributed by atoms with Crippen LogP contribution in [-0.2, 0) is 0 Å². The predicted molar refractivity (Wildman–Crippen MR) is 60.8 cm³/mol. The van der Waals surface area contributed by atoms with E-state index in [9.17, 15) is 0 Å². The summed E-state index contributed by atoms with van der Waals surface area (Å²) in [5, 5.41) is 0. The zero-order valence-corrected chi connectivity index (χ0v) is 10.5. The van der Waals surface area contributed by atoms with Crippen LogP contribution in [0.5, 0.6) is 0 Å². The minimum Gasteiger partial charge on any atom is -0.331 e. The van der Waals surface area contributed by atoms with E-state index in [1.165, 1.54) is 32.2 Å². The van der Waals surface area contributed by atoms with E-state index in [0.29, 0.717) is 5.41 Å². The fraction of sp³-hybridized carbons (Fsp3) is 1.00. The molecule has 0 rings (SSSR count). The Hall–Kier alpha value is -0.0400. The van der Waals surface area contributed by atoms with Gasteiger partial charge in [0.05, 0.1) is 27.7 Å². The minimum atomic E-state index is 0.584. The van der Waals surface area contributed by atoms with Gasteiger partial charge in [-0.05, 0) is 11.8 Å². The molecule has 13 heavy (non-hydrogen) atoms. The van der Waals surface area contributed by atoms with E-state index in [1.54, 1.807) is 0 Å². The van der Waals surface area contributed by atoms with Gasteiger partial charge in [-0.2, -0.15) is 0 Å². The van der Waals surface area contributed by atoms with E-state index < -0.39 is 0 Å². The first-order chi connectivity index (χ1) is 5.83. The maximum atomic E-state index is 2.44. The first-order valence-electron chi connectivity index (χ1n) is 5.63. The van der Waals surface area contributed by atoms with Crippen LogP contribution in [0.4, 0.5) is 0 Å². The summed E-state index contributed by atoms with van der Waals surface area (Å²) >= 11 is 0. The van der Waals surface area contributed by atoms with Gasteiger partial charge in [0.1, 0.15) is 0 Å². The molecule has 0 aliphatic rings. The van der Waals surface area contributed by atoms with Crippen molar-refractivity contribution in [3.8, 4) is 0 Å². The fourth-order valence-electron chi connectivity index (χ4n) is 1.69. The molecule has 1 unspecified atom stereocenters. The molecule has 0 amide bonds. The van der Waals surface area contributed by atoms with E-state index >= 15 is 0 Å². The summed E-state index contributed by atoms with van der Waals surface area (Å²) in [6.45, 7) is 8.35. The van der Waals surface area contributed by atoms with E-state index in [2.05, 4.69) is 41.9 Å². The molecule has 0 radical (unpaired) electrons. The average molecular weight is 186 g/mol. The molecular weight excluding hydrogens is 158 g/mol. The number of nitrogens with zero attached hydrogens (tertiary/aromatic N) is 1. The second kappa shape index (κ2) is 4.99. The van der Waals surface area contributed by atoms with E-state index in [4.69, 9.17) is 0 Å². The van der Waals surface area contributed by atoms with E-state index in [1.807, 2.05) is 0 Å². The lowest BCUT2D eigenvalue weighted by molar-refractivity contribution is -0.871. The smallest absolute Gasteiger partial charge is 0.0785 e. The third-order valence-electron chi connectivity index (χ3n) is 3.09. The Bertz CT molecular complexity index is 135. The number of hydrogen-bond donors (Lipinski definition) is 0. The van der Waals surface area contributed by atoms with Gasteiger partial charge in [-0.3, -0.25) is 0 Å². The predicted octanol–water partition coefficient (Wildman–Crippen LogP) is 3.30. The fourth-order valence-corrected chi connectivity index (χ4v) is 1.69. The maximum absolute atomic E-state index is 2.44. The van der Waals surface area contributed by atoms with Crippen molar-refractivity contribution in [2.24, 2.45) is 5.41 Å². The Morgan fingerprint density at radius 3 is 1.85 bits per heavy atom. The van der Waals surface area contributed by atoms with Crippen molar-refractivity contribution < 1.29 is 4.48 Å². The molecule has 0 spiro atoms. The lowest BCUT2D eigenvalue weighted by Gasteiger charge is -2.32. The standard InChI is InChI=1S/C12H28N/c1-7-9-12(3,8-2)10-11-13(4,5)6/h7-11H2,1-6H3/q+1. The van der Waals surface area contributed by atoms with E-state index in [-0.39, 0.29) is 0 Å². The minimum absolute atomic E-state index is 0.584. The second-order valence-electron chi connectivity index (χ2n) is 5.68. The quantitative estimate of drug-likeness (QED) is 0.558. The van der Waals surface area contributed by atoms with Crippen molar-refractivity contribution in [1.82, 2.24) is 0 Å². The van der Waals surface area contributed by atoms with Gasteiger partial charge < -0.3 is 4.48 Å². The lowest BCUT2D eigenvalue weighted by Crippen LogP contribution is -2.38. The molecule has 0 saturated carbocycles. The van der Waals surface area contributed by atoms with Gasteiger partial charge in [0, 0.05) is 6.42 Å². The molecule has 1 atom stereocenters. The molecule has 0 N–H and O–H groups in total. The zero-order valence-electron chi connectivity index (χ0n) is 10.5. The average Bonchev–Trinajstić information content (AvgIpc) is 2.01. The van der Waals surface area contributed by atoms with Gasteiger partial charge in [0.2, 0.25) is 0 Å². The Morgan fingerprint density at radius 1 is 1.00 bits per heavy atom. The normalized spacial score (nSPS) is 17.1. The third kappa shape index (κ3) is 6.09. The second-order valence-corrected chi connectivity index (χ2v) is 5.68. The molecule has 0 fully saturated rings. The highest BCUT2D eigenvalue weighted by Crippen LogP contribution is 2.31. The number of quaternary nitrogens is 1. The highest BCUT2D eigenvalue weighted by atomic mass is 15.3. The van der Waals surface area contributed by atoms with Crippen LogP contribution in [-0.4, -0.2) is 32.2 Å². The summed E-state index contributed by atoms with van der Waals surface area (Å²) in [6, 6.07) is 0. The first-order valence-corrected chi connectivity index (χ1v) is 5.63. The molecule has 0 saturated heterocycles. The van der Waals surface area contributed by atoms with Gasteiger partial charge in [-0.25, -0.2) is 0 Å². The van der Waals surface area contributed by atoms with Crippen molar-refractivity contribution in [3.05, 3.63) is 0 Å². The van der Waals surface area contributed by atoms with Crippen LogP contribution in [0, 0.1) is 5.41 Å². The van der Waals surface area contributed by atoms with Crippen LogP contribution < -0.4 is 0 Å². The monoisotopic (exact) mass is 186 g/mol. The molecule has 0 aromatic rings. The van der Waals surface area contributed by atoms with Gasteiger partial charge in [-0.15, -0.1) is 0 Å².